The molecule has 2 aromatic carbocycles. The van der Waals surface area contributed by atoms with E-state index < -0.39 is 0 Å². The second kappa shape index (κ2) is 5.68. The molecule has 0 N–H and O–H groups in total. The van der Waals surface area contributed by atoms with Crippen LogP contribution < -0.4 is 0 Å². The van der Waals surface area contributed by atoms with Crippen molar-refractivity contribution in [2.75, 3.05) is 7.05 Å². The van der Waals surface area contributed by atoms with Crippen LogP contribution in [0, 0.1) is 5.82 Å². The Morgan fingerprint density at radius 3 is 2.81 bits per heavy atom. The molecule has 0 fully saturated rings. The fraction of sp³-hybridized carbons (Fsp3) is 0.278. The molecule has 1 atom stereocenters. The van der Waals surface area contributed by atoms with E-state index in [4.69, 9.17) is 0 Å². The smallest absolute Gasteiger partial charge is 0.254 e. The van der Waals surface area contributed by atoms with E-state index in [9.17, 15) is 9.18 Å². The van der Waals surface area contributed by atoms with Crippen LogP contribution >= 0.6 is 0 Å². The van der Waals surface area contributed by atoms with Gasteiger partial charge in [0, 0.05) is 12.6 Å². The molecule has 0 aliphatic heterocycles. The first-order valence-electron chi connectivity index (χ1n) is 7.27. The molecule has 1 aliphatic carbocycles. The number of aryl methyl sites for hydroxylation is 1. The van der Waals surface area contributed by atoms with Gasteiger partial charge in [-0.1, -0.05) is 30.3 Å². The zero-order valence-corrected chi connectivity index (χ0v) is 12.1. The second-order valence-electron chi connectivity index (χ2n) is 5.53. The summed E-state index contributed by atoms with van der Waals surface area (Å²) in [4.78, 5) is 14.3. The minimum atomic E-state index is -0.377. The third-order valence-electron chi connectivity index (χ3n) is 4.20. The molecule has 2 aromatic rings. The largest absolute Gasteiger partial charge is 0.335 e. The molecule has 21 heavy (non-hydrogen) atoms. The predicted octanol–water partition coefficient (Wildman–Crippen LogP) is 3.98. The van der Waals surface area contributed by atoms with Gasteiger partial charge in [-0.2, -0.15) is 0 Å². The van der Waals surface area contributed by atoms with Gasteiger partial charge in [-0.05, 0) is 48.6 Å². The highest BCUT2D eigenvalue weighted by molar-refractivity contribution is 5.94. The Balaban J connectivity index is 1.89. The van der Waals surface area contributed by atoms with Crippen molar-refractivity contribution in [3.63, 3.8) is 0 Å². The van der Waals surface area contributed by atoms with Gasteiger partial charge in [-0.15, -0.1) is 0 Å². The maximum Gasteiger partial charge on any atom is 0.254 e. The summed E-state index contributed by atoms with van der Waals surface area (Å²) in [5.41, 5.74) is 2.93. The number of amides is 1. The molecule has 2 nitrogen and oxygen atoms in total. The van der Waals surface area contributed by atoms with Gasteiger partial charge in [0.2, 0.25) is 0 Å². The van der Waals surface area contributed by atoms with Crippen LogP contribution in [0.4, 0.5) is 4.39 Å². The van der Waals surface area contributed by atoms with Crippen molar-refractivity contribution >= 4 is 5.91 Å². The number of rotatable bonds is 2. The molecule has 3 heteroatoms. The van der Waals surface area contributed by atoms with Crippen molar-refractivity contribution in [2.24, 2.45) is 0 Å². The number of carbonyl (C=O) groups excluding carboxylic acids is 1. The monoisotopic (exact) mass is 283 g/mol. The summed E-state index contributed by atoms with van der Waals surface area (Å²) >= 11 is 0. The summed E-state index contributed by atoms with van der Waals surface area (Å²) in [6.07, 6.45) is 3.09. The van der Waals surface area contributed by atoms with E-state index in [0.717, 1.165) is 19.3 Å². The van der Waals surface area contributed by atoms with Crippen LogP contribution in [0.3, 0.4) is 0 Å². The summed E-state index contributed by atoms with van der Waals surface area (Å²) in [6, 6.07) is 14.2. The molecule has 108 valence electrons. The molecular formula is C18H18FNO. The Morgan fingerprint density at radius 1 is 1.19 bits per heavy atom. The molecular weight excluding hydrogens is 265 g/mol. The number of nitrogens with zero attached hydrogens (tertiary/aromatic N) is 1. The number of benzene rings is 2. The topological polar surface area (TPSA) is 20.3 Å². The fourth-order valence-electron chi connectivity index (χ4n) is 3.10. The molecule has 1 unspecified atom stereocenters. The van der Waals surface area contributed by atoms with Crippen LogP contribution in [0.1, 0.15) is 40.4 Å². The van der Waals surface area contributed by atoms with E-state index in [-0.39, 0.29) is 17.8 Å². The van der Waals surface area contributed by atoms with E-state index in [1.807, 2.05) is 12.1 Å². The standard InChI is InChI=1S/C18H18FNO/c1-20(18(21)14-8-4-9-15(19)12-14)17-11-5-7-13-6-2-3-10-16(13)17/h2-4,6,8-10,12,17H,5,7,11H2,1H3. The fourth-order valence-corrected chi connectivity index (χ4v) is 3.10. The van der Waals surface area contributed by atoms with Gasteiger partial charge in [-0.3, -0.25) is 4.79 Å². The zero-order chi connectivity index (χ0) is 14.8. The van der Waals surface area contributed by atoms with Gasteiger partial charge in [-0.25, -0.2) is 4.39 Å². The second-order valence-corrected chi connectivity index (χ2v) is 5.53. The molecule has 1 aliphatic rings. The Kier molecular flexibility index (Phi) is 3.74. The number of carbonyl (C=O) groups is 1. The van der Waals surface area contributed by atoms with Crippen molar-refractivity contribution in [3.8, 4) is 0 Å². The number of fused-ring (bicyclic) bond motifs is 1. The summed E-state index contributed by atoms with van der Waals surface area (Å²) in [5.74, 6) is -0.505. The highest BCUT2D eigenvalue weighted by Crippen LogP contribution is 2.34. The Morgan fingerprint density at radius 2 is 2.00 bits per heavy atom. The van der Waals surface area contributed by atoms with Crippen LogP contribution in [-0.2, 0) is 6.42 Å². The summed E-state index contributed by atoms with van der Waals surface area (Å²) in [7, 11) is 1.81. The van der Waals surface area contributed by atoms with Gasteiger partial charge >= 0.3 is 0 Å². The maximum atomic E-state index is 13.3. The molecule has 1 amide bonds. The molecule has 0 saturated carbocycles. The highest BCUT2D eigenvalue weighted by atomic mass is 19.1. The van der Waals surface area contributed by atoms with Gasteiger partial charge in [0.1, 0.15) is 5.82 Å². The first kappa shape index (κ1) is 13.8. The third kappa shape index (κ3) is 2.68. The van der Waals surface area contributed by atoms with Crippen LogP contribution in [0.5, 0.6) is 0 Å². The van der Waals surface area contributed by atoms with Crippen LogP contribution in [-0.4, -0.2) is 17.9 Å². The van der Waals surface area contributed by atoms with E-state index in [1.54, 1.807) is 24.1 Å². The van der Waals surface area contributed by atoms with E-state index >= 15 is 0 Å². The molecule has 3 rings (SSSR count). The van der Waals surface area contributed by atoms with Crippen molar-refractivity contribution in [3.05, 3.63) is 71.0 Å². The summed E-state index contributed by atoms with van der Waals surface area (Å²) < 4.78 is 13.3. The van der Waals surface area contributed by atoms with E-state index in [0.29, 0.717) is 5.56 Å². The molecule has 0 saturated heterocycles. The lowest BCUT2D eigenvalue weighted by molar-refractivity contribution is 0.0714. The molecule has 0 radical (unpaired) electrons. The lowest BCUT2D eigenvalue weighted by atomic mass is 9.87. The van der Waals surface area contributed by atoms with Crippen molar-refractivity contribution in [2.45, 2.75) is 25.3 Å². The predicted molar refractivity (Wildman–Crippen MR) is 80.6 cm³/mol. The minimum Gasteiger partial charge on any atom is -0.335 e. The van der Waals surface area contributed by atoms with E-state index in [1.165, 1.54) is 23.3 Å². The van der Waals surface area contributed by atoms with E-state index in [2.05, 4.69) is 12.1 Å². The van der Waals surface area contributed by atoms with Crippen molar-refractivity contribution in [1.29, 1.82) is 0 Å². The SMILES string of the molecule is CN(C(=O)c1cccc(F)c1)C1CCCc2ccccc21. The number of hydrogen-bond donors (Lipinski definition) is 0. The maximum absolute atomic E-state index is 13.3. The van der Waals surface area contributed by atoms with Gasteiger partial charge in [0.05, 0.1) is 6.04 Å². The first-order valence-corrected chi connectivity index (χ1v) is 7.27. The van der Waals surface area contributed by atoms with Crippen molar-refractivity contribution in [1.82, 2.24) is 4.90 Å². The zero-order valence-electron chi connectivity index (χ0n) is 12.1. The first-order chi connectivity index (χ1) is 10.2. The number of hydrogen-bond acceptors (Lipinski definition) is 1. The van der Waals surface area contributed by atoms with Gasteiger partial charge in [0.15, 0.2) is 0 Å². The van der Waals surface area contributed by atoms with Crippen LogP contribution in [0.25, 0.3) is 0 Å². The normalized spacial score (nSPS) is 17.1. The molecule has 0 spiro atoms. The van der Waals surface area contributed by atoms with Gasteiger partial charge in [0.25, 0.3) is 5.91 Å². The Bertz CT molecular complexity index is 668. The van der Waals surface area contributed by atoms with Crippen LogP contribution in [0.15, 0.2) is 48.5 Å². The highest BCUT2D eigenvalue weighted by Gasteiger charge is 2.27. The minimum absolute atomic E-state index is 0.0747. The van der Waals surface area contributed by atoms with Gasteiger partial charge < -0.3 is 4.90 Å². The molecule has 0 heterocycles. The number of halogens is 1. The summed E-state index contributed by atoms with van der Waals surface area (Å²) in [5, 5.41) is 0. The lowest BCUT2D eigenvalue weighted by Crippen LogP contribution is -2.33. The lowest BCUT2D eigenvalue weighted by Gasteiger charge is -2.33. The quantitative estimate of drug-likeness (QED) is 0.816. The van der Waals surface area contributed by atoms with Crippen molar-refractivity contribution < 1.29 is 9.18 Å². The summed E-state index contributed by atoms with van der Waals surface area (Å²) in [6.45, 7) is 0. The van der Waals surface area contributed by atoms with Crippen LogP contribution in [0.2, 0.25) is 0 Å². The Hall–Kier alpha value is -2.16. The third-order valence-corrected chi connectivity index (χ3v) is 4.20. The molecule has 0 bridgehead atoms. The Labute approximate surface area is 124 Å². The average molecular weight is 283 g/mol. The molecule has 0 aromatic heterocycles. The average Bonchev–Trinajstić information content (AvgIpc) is 2.53.